The molecule has 0 aliphatic heterocycles. The second kappa shape index (κ2) is 7.05. The van der Waals surface area contributed by atoms with E-state index in [2.05, 4.69) is 11.6 Å². The fraction of sp³-hybridized carbons (Fsp3) is 0.100. The van der Waals surface area contributed by atoms with Crippen molar-refractivity contribution < 1.29 is 14.7 Å². The molecule has 5 nitrogen and oxygen atoms in total. The molecule has 1 aromatic heterocycles. The van der Waals surface area contributed by atoms with E-state index < -0.39 is 5.97 Å². The summed E-state index contributed by atoms with van der Waals surface area (Å²) >= 11 is 0. The smallest absolute Gasteiger partial charge is 0.352 e. The summed E-state index contributed by atoms with van der Waals surface area (Å²) in [4.78, 5) is 28.9. The highest BCUT2D eigenvalue weighted by Gasteiger charge is 2.22. The van der Waals surface area contributed by atoms with Crippen LogP contribution in [-0.4, -0.2) is 28.5 Å². The molecule has 1 heterocycles. The summed E-state index contributed by atoms with van der Waals surface area (Å²) in [5.74, 6) is -1.26. The molecule has 0 saturated carbocycles. The number of carbonyl (C=O) groups excluding carboxylic acids is 1. The third kappa shape index (κ3) is 3.30. The van der Waals surface area contributed by atoms with Gasteiger partial charge < -0.3 is 15.0 Å². The number of aromatic amines is 1. The number of carboxylic acid groups (broad SMARTS) is 1. The fourth-order valence-electron chi connectivity index (χ4n) is 2.90. The number of nitrogens with zero attached hydrogens (tertiary/aromatic N) is 1. The van der Waals surface area contributed by atoms with Crippen molar-refractivity contribution in [1.29, 1.82) is 0 Å². The zero-order valence-corrected chi connectivity index (χ0v) is 13.6. The number of amides is 1. The summed E-state index contributed by atoms with van der Waals surface area (Å²) in [5, 5.41) is 10.2. The molecular formula is C20H18N2O3. The molecule has 126 valence electrons. The minimum Gasteiger partial charge on any atom is -0.477 e. The molecule has 0 radical (unpaired) electrons. The predicted octanol–water partition coefficient (Wildman–Crippen LogP) is 3.63. The number of hydrogen-bond acceptors (Lipinski definition) is 2. The Morgan fingerprint density at radius 1 is 1.08 bits per heavy atom. The summed E-state index contributed by atoms with van der Waals surface area (Å²) in [6.45, 7) is 4.06. The van der Waals surface area contributed by atoms with Crippen molar-refractivity contribution in [2.24, 2.45) is 0 Å². The van der Waals surface area contributed by atoms with Crippen LogP contribution in [0, 0.1) is 0 Å². The Kier molecular flexibility index (Phi) is 4.66. The maximum atomic E-state index is 12.9. The number of nitrogens with one attached hydrogen (secondary N) is 1. The van der Waals surface area contributed by atoms with Crippen LogP contribution in [0.4, 0.5) is 5.69 Å². The van der Waals surface area contributed by atoms with Gasteiger partial charge in [0.2, 0.25) is 5.91 Å². The molecule has 2 N–H and O–H groups in total. The van der Waals surface area contributed by atoms with E-state index in [1.54, 1.807) is 17.0 Å². The number of H-pyrrole nitrogens is 1. The first-order valence-corrected chi connectivity index (χ1v) is 7.91. The molecule has 0 aliphatic carbocycles. The van der Waals surface area contributed by atoms with Crippen LogP contribution in [0.15, 0.2) is 67.3 Å². The van der Waals surface area contributed by atoms with Crippen LogP contribution < -0.4 is 4.90 Å². The van der Waals surface area contributed by atoms with Crippen molar-refractivity contribution in [2.75, 3.05) is 11.4 Å². The highest BCUT2D eigenvalue weighted by atomic mass is 16.4. The Morgan fingerprint density at radius 2 is 1.76 bits per heavy atom. The van der Waals surface area contributed by atoms with Gasteiger partial charge in [0.05, 0.1) is 6.42 Å². The standard InChI is InChI=1S/C20H18N2O3/c1-2-12-22(14-8-4-3-5-9-14)18(23)13-16-15-10-6-7-11-17(15)21-19(16)20(24)25/h2-11,21H,1,12-13H2,(H,24,25). The lowest BCUT2D eigenvalue weighted by atomic mass is 10.1. The molecular weight excluding hydrogens is 316 g/mol. The lowest BCUT2D eigenvalue weighted by Crippen LogP contribution is -2.32. The second-order valence-corrected chi connectivity index (χ2v) is 5.63. The van der Waals surface area contributed by atoms with Crippen LogP contribution in [0.3, 0.4) is 0 Å². The van der Waals surface area contributed by atoms with Gasteiger partial charge in [0, 0.05) is 28.7 Å². The third-order valence-corrected chi connectivity index (χ3v) is 4.04. The number of benzene rings is 2. The largest absolute Gasteiger partial charge is 0.477 e. The molecule has 3 aromatic rings. The van der Waals surface area contributed by atoms with Gasteiger partial charge in [0.1, 0.15) is 5.69 Å². The third-order valence-electron chi connectivity index (χ3n) is 4.04. The van der Waals surface area contributed by atoms with Crippen molar-refractivity contribution >= 4 is 28.5 Å². The number of aromatic carboxylic acids is 1. The van der Waals surface area contributed by atoms with Gasteiger partial charge >= 0.3 is 5.97 Å². The molecule has 3 rings (SSSR count). The van der Waals surface area contributed by atoms with Gasteiger partial charge in [0.15, 0.2) is 0 Å². The lowest BCUT2D eigenvalue weighted by molar-refractivity contribution is -0.117. The van der Waals surface area contributed by atoms with Gasteiger partial charge in [-0.1, -0.05) is 42.5 Å². The number of carboxylic acids is 1. The number of hydrogen-bond donors (Lipinski definition) is 2. The maximum Gasteiger partial charge on any atom is 0.352 e. The Hall–Kier alpha value is -3.34. The Labute approximate surface area is 145 Å². The first kappa shape index (κ1) is 16.5. The number of aromatic nitrogens is 1. The minimum atomic E-state index is -1.08. The maximum absolute atomic E-state index is 12.9. The summed E-state index contributed by atoms with van der Waals surface area (Å²) in [6.07, 6.45) is 1.65. The minimum absolute atomic E-state index is 0.00557. The van der Waals surface area contributed by atoms with Gasteiger partial charge in [0.25, 0.3) is 0 Å². The Bertz CT molecular complexity index is 929. The normalized spacial score (nSPS) is 10.6. The zero-order chi connectivity index (χ0) is 17.8. The first-order chi connectivity index (χ1) is 12.1. The van der Waals surface area contributed by atoms with Crippen molar-refractivity contribution in [3.05, 3.63) is 78.5 Å². The van der Waals surface area contributed by atoms with Gasteiger partial charge in [-0.15, -0.1) is 6.58 Å². The molecule has 2 aromatic carbocycles. The van der Waals surface area contributed by atoms with Crippen molar-refractivity contribution in [1.82, 2.24) is 4.98 Å². The molecule has 0 unspecified atom stereocenters. The average Bonchev–Trinajstić information content (AvgIpc) is 2.99. The number of carbonyl (C=O) groups is 2. The van der Waals surface area contributed by atoms with Crippen LogP contribution in [0.1, 0.15) is 16.1 Å². The monoisotopic (exact) mass is 334 g/mol. The van der Waals surface area contributed by atoms with Crippen molar-refractivity contribution in [2.45, 2.75) is 6.42 Å². The van der Waals surface area contributed by atoms with Crippen LogP contribution in [0.5, 0.6) is 0 Å². The molecule has 0 bridgehead atoms. The van der Waals surface area contributed by atoms with E-state index in [1.807, 2.05) is 48.5 Å². The molecule has 0 aliphatic rings. The molecule has 5 heteroatoms. The van der Waals surface area contributed by atoms with E-state index in [0.29, 0.717) is 17.6 Å². The van der Waals surface area contributed by atoms with Gasteiger partial charge in [-0.05, 0) is 18.2 Å². The number of fused-ring (bicyclic) bond motifs is 1. The summed E-state index contributed by atoms with van der Waals surface area (Å²) in [6, 6.07) is 16.5. The summed E-state index contributed by atoms with van der Waals surface area (Å²) < 4.78 is 0. The van der Waals surface area contributed by atoms with Crippen LogP contribution in [0.2, 0.25) is 0 Å². The van der Waals surface area contributed by atoms with Crippen molar-refractivity contribution in [3.63, 3.8) is 0 Å². The van der Waals surface area contributed by atoms with E-state index in [4.69, 9.17) is 0 Å². The fourth-order valence-corrected chi connectivity index (χ4v) is 2.90. The van der Waals surface area contributed by atoms with Crippen molar-refractivity contribution in [3.8, 4) is 0 Å². The molecule has 0 spiro atoms. The topological polar surface area (TPSA) is 73.4 Å². The van der Waals surface area contributed by atoms with Gasteiger partial charge in [-0.3, -0.25) is 4.79 Å². The van der Waals surface area contributed by atoms with E-state index in [1.165, 1.54) is 0 Å². The highest BCUT2D eigenvalue weighted by molar-refractivity contribution is 6.03. The van der Waals surface area contributed by atoms with Crippen LogP contribution >= 0.6 is 0 Å². The first-order valence-electron chi connectivity index (χ1n) is 7.91. The quantitative estimate of drug-likeness (QED) is 0.676. The number of para-hydroxylation sites is 2. The van der Waals surface area contributed by atoms with Crippen LogP contribution in [-0.2, 0) is 11.2 Å². The molecule has 0 saturated heterocycles. The SMILES string of the molecule is C=CCN(C(=O)Cc1c(C(=O)O)[nH]c2ccccc12)c1ccccc1. The zero-order valence-electron chi connectivity index (χ0n) is 13.6. The molecule has 0 atom stereocenters. The van der Waals surface area contributed by atoms with E-state index in [-0.39, 0.29) is 18.0 Å². The molecule has 25 heavy (non-hydrogen) atoms. The van der Waals surface area contributed by atoms with E-state index in [9.17, 15) is 14.7 Å². The Balaban J connectivity index is 1.99. The Morgan fingerprint density at radius 3 is 2.44 bits per heavy atom. The summed E-state index contributed by atoms with van der Waals surface area (Å²) in [5.41, 5.74) is 2.01. The highest BCUT2D eigenvalue weighted by Crippen LogP contribution is 2.24. The number of anilines is 1. The molecule has 0 fully saturated rings. The van der Waals surface area contributed by atoms with Crippen LogP contribution in [0.25, 0.3) is 10.9 Å². The van der Waals surface area contributed by atoms with E-state index >= 15 is 0 Å². The summed E-state index contributed by atoms with van der Waals surface area (Å²) in [7, 11) is 0. The molecule has 1 amide bonds. The number of rotatable bonds is 6. The average molecular weight is 334 g/mol. The van der Waals surface area contributed by atoms with E-state index in [0.717, 1.165) is 11.1 Å². The van der Waals surface area contributed by atoms with Gasteiger partial charge in [-0.2, -0.15) is 0 Å². The van der Waals surface area contributed by atoms with Gasteiger partial charge in [-0.25, -0.2) is 4.79 Å². The lowest BCUT2D eigenvalue weighted by Gasteiger charge is -2.21. The second-order valence-electron chi connectivity index (χ2n) is 5.63. The predicted molar refractivity (Wildman–Crippen MR) is 98.0 cm³/mol.